The third-order valence-electron chi connectivity index (χ3n) is 4.02. The predicted octanol–water partition coefficient (Wildman–Crippen LogP) is 1.33. The Labute approximate surface area is 119 Å². The van der Waals surface area contributed by atoms with E-state index in [0.29, 0.717) is 12.5 Å². The molecule has 1 saturated heterocycles. The van der Waals surface area contributed by atoms with E-state index in [1.54, 1.807) is 19.3 Å². The van der Waals surface area contributed by atoms with E-state index >= 15 is 0 Å². The number of rotatable bonds is 6. The molecule has 0 spiro atoms. The first kappa shape index (κ1) is 15.0. The van der Waals surface area contributed by atoms with Crippen LogP contribution in [0.2, 0.25) is 0 Å². The zero-order valence-electron chi connectivity index (χ0n) is 12.0. The Kier molecular flexibility index (Phi) is 5.55. The zero-order valence-corrected chi connectivity index (χ0v) is 12.0. The number of methoxy groups -OCH3 is 1. The molecule has 0 aromatic heterocycles. The molecule has 0 radical (unpaired) electrons. The molecule has 0 bridgehead atoms. The molecule has 0 aromatic carbocycles. The third kappa shape index (κ3) is 4.05. The highest BCUT2D eigenvalue weighted by Crippen LogP contribution is 2.21. The lowest BCUT2D eigenvalue weighted by atomic mass is 9.96. The van der Waals surface area contributed by atoms with Crippen molar-refractivity contribution in [2.75, 3.05) is 46.4 Å². The van der Waals surface area contributed by atoms with Gasteiger partial charge in [0.05, 0.1) is 13.2 Å². The van der Waals surface area contributed by atoms with Gasteiger partial charge in [-0.2, -0.15) is 0 Å². The van der Waals surface area contributed by atoms with Crippen LogP contribution in [0.1, 0.15) is 12.8 Å². The third-order valence-corrected chi connectivity index (χ3v) is 4.02. The summed E-state index contributed by atoms with van der Waals surface area (Å²) in [6.45, 7) is 5.32. The predicted molar refractivity (Wildman–Crippen MR) is 76.8 cm³/mol. The summed E-state index contributed by atoms with van der Waals surface area (Å²) in [6, 6.07) is 0. The van der Waals surface area contributed by atoms with Crippen LogP contribution in [-0.4, -0.2) is 61.2 Å². The van der Waals surface area contributed by atoms with Crippen LogP contribution in [0.5, 0.6) is 0 Å². The van der Waals surface area contributed by atoms with Crippen molar-refractivity contribution in [1.29, 1.82) is 0 Å². The van der Waals surface area contributed by atoms with E-state index in [2.05, 4.69) is 4.90 Å². The molecule has 2 aliphatic heterocycles. The van der Waals surface area contributed by atoms with Gasteiger partial charge < -0.3 is 19.8 Å². The maximum atomic E-state index is 11.0. The molecule has 2 heterocycles. The molecule has 1 fully saturated rings. The molecule has 0 saturated carbocycles. The SMILES string of the molecule is COCCN1CCC(CN2CC=CC=C2[N+](=O)[O-])CC1. The highest BCUT2D eigenvalue weighted by molar-refractivity contribution is 5.13. The highest BCUT2D eigenvalue weighted by atomic mass is 16.6. The Morgan fingerprint density at radius 1 is 1.45 bits per heavy atom. The molecule has 0 aliphatic carbocycles. The van der Waals surface area contributed by atoms with Crippen LogP contribution in [0, 0.1) is 16.0 Å². The fourth-order valence-corrected chi connectivity index (χ4v) is 2.81. The first-order chi connectivity index (χ1) is 9.70. The van der Waals surface area contributed by atoms with Crippen molar-refractivity contribution in [1.82, 2.24) is 9.80 Å². The average Bonchev–Trinajstić information content (AvgIpc) is 2.47. The Balaban J connectivity index is 1.79. The van der Waals surface area contributed by atoms with Crippen molar-refractivity contribution in [3.63, 3.8) is 0 Å². The van der Waals surface area contributed by atoms with Crippen LogP contribution in [0.3, 0.4) is 0 Å². The minimum Gasteiger partial charge on any atom is -0.383 e. The number of piperidine rings is 1. The van der Waals surface area contributed by atoms with Gasteiger partial charge >= 0.3 is 5.82 Å². The van der Waals surface area contributed by atoms with Gasteiger partial charge in [-0.05, 0) is 42.8 Å². The summed E-state index contributed by atoms with van der Waals surface area (Å²) < 4.78 is 5.09. The van der Waals surface area contributed by atoms with Gasteiger partial charge in [0.1, 0.15) is 6.54 Å². The topological polar surface area (TPSA) is 58.8 Å². The van der Waals surface area contributed by atoms with E-state index in [4.69, 9.17) is 4.74 Å². The van der Waals surface area contributed by atoms with Gasteiger partial charge in [-0.3, -0.25) is 4.90 Å². The van der Waals surface area contributed by atoms with Crippen LogP contribution < -0.4 is 0 Å². The largest absolute Gasteiger partial charge is 0.383 e. The smallest absolute Gasteiger partial charge is 0.318 e. The van der Waals surface area contributed by atoms with Crippen LogP contribution in [0.4, 0.5) is 0 Å². The second-order valence-electron chi connectivity index (χ2n) is 5.39. The van der Waals surface area contributed by atoms with Gasteiger partial charge in [0.25, 0.3) is 0 Å². The first-order valence-electron chi connectivity index (χ1n) is 7.18. The maximum Gasteiger partial charge on any atom is 0.318 e. The lowest BCUT2D eigenvalue weighted by molar-refractivity contribution is -0.446. The highest BCUT2D eigenvalue weighted by Gasteiger charge is 2.27. The monoisotopic (exact) mass is 281 g/mol. The normalized spacial score (nSPS) is 21.1. The lowest BCUT2D eigenvalue weighted by Crippen LogP contribution is -2.40. The number of allylic oxidation sites excluding steroid dienone is 2. The summed E-state index contributed by atoms with van der Waals surface area (Å²) in [5, 5.41) is 11.0. The van der Waals surface area contributed by atoms with Crippen molar-refractivity contribution in [3.8, 4) is 0 Å². The Morgan fingerprint density at radius 2 is 2.20 bits per heavy atom. The van der Waals surface area contributed by atoms with Crippen molar-refractivity contribution in [2.45, 2.75) is 12.8 Å². The van der Waals surface area contributed by atoms with E-state index < -0.39 is 0 Å². The molecule has 20 heavy (non-hydrogen) atoms. The van der Waals surface area contributed by atoms with Crippen LogP contribution in [-0.2, 0) is 4.74 Å². The van der Waals surface area contributed by atoms with Crippen molar-refractivity contribution in [2.24, 2.45) is 5.92 Å². The van der Waals surface area contributed by atoms with E-state index in [0.717, 1.165) is 45.6 Å². The summed E-state index contributed by atoms with van der Waals surface area (Å²) in [6.07, 6.45) is 7.55. The molecule has 6 heteroatoms. The zero-order chi connectivity index (χ0) is 14.4. The summed E-state index contributed by atoms with van der Waals surface area (Å²) in [5.41, 5.74) is 0. The molecule has 112 valence electrons. The minimum atomic E-state index is -0.281. The van der Waals surface area contributed by atoms with Gasteiger partial charge in [0.2, 0.25) is 0 Å². The molecular formula is C14H23N3O3. The fourth-order valence-electron chi connectivity index (χ4n) is 2.81. The van der Waals surface area contributed by atoms with Crippen molar-refractivity contribution in [3.05, 3.63) is 34.2 Å². The molecule has 2 aliphatic rings. The Morgan fingerprint density at radius 3 is 2.85 bits per heavy atom. The van der Waals surface area contributed by atoms with Gasteiger partial charge in [-0.25, -0.2) is 0 Å². The second kappa shape index (κ2) is 7.40. The van der Waals surface area contributed by atoms with Crippen LogP contribution >= 0.6 is 0 Å². The first-order valence-corrected chi connectivity index (χ1v) is 7.18. The van der Waals surface area contributed by atoms with E-state index in [1.165, 1.54) is 0 Å². The molecule has 0 unspecified atom stereocenters. The van der Waals surface area contributed by atoms with Crippen LogP contribution in [0.15, 0.2) is 24.0 Å². The van der Waals surface area contributed by atoms with Gasteiger partial charge in [0, 0.05) is 19.7 Å². The Bertz CT molecular complexity index is 387. The van der Waals surface area contributed by atoms with Gasteiger partial charge in [-0.15, -0.1) is 0 Å². The summed E-state index contributed by atoms with van der Waals surface area (Å²) in [5.74, 6) is 0.776. The van der Waals surface area contributed by atoms with Crippen LogP contribution in [0.25, 0.3) is 0 Å². The number of nitro groups is 1. The molecular weight excluding hydrogens is 258 g/mol. The number of ether oxygens (including phenoxy) is 1. The lowest BCUT2D eigenvalue weighted by Gasteiger charge is -2.33. The number of hydrogen-bond donors (Lipinski definition) is 0. The standard InChI is InChI=1S/C14H23N3O3/c1-20-11-10-15-8-5-13(6-9-15)12-16-7-3-2-4-14(16)17(18)19/h2-4,13H,5-12H2,1H3. The average molecular weight is 281 g/mol. The summed E-state index contributed by atoms with van der Waals surface area (Å²) in [7, 11) is 1.72. The number of nitrogens with zero attached hydrogens (tertiary/aromatic N) is 3. The van der Waals surface area contributed by atoms with E-state index in [1.807, 2.05) is 11.0 Å². The minimum absolute atomic E-state index is 0.231. The van der Waals surface area contributed by atoms with Gasteiger partial charge in [-0.1, -0.05) is 6.08 Å². The summed E-state index contributed by atoms with van der Waals surface area (Å²) in [4.78, 5) is 15.0. The van der Waals surface area contributed by atoms with Gasteiger partial charge in [0.15, 0.2) is 0 Å². The Hall–Kier alpha value is -1.40. The summed E-state index contributed by atoms with van der Waals surface area (Å²) >= 11 is 0. The molecule has 0 N–H and O–H groups in total. The number of likely N-dealkylation sites (tertiary alicyclic amines) is 1. The molecule has 2 rings (SSSR count). The quantitative estimate of drug-likeness (QED) is 0.543. The molecule has 0 atom stereocenters. The van der Waals surface area contributed by atoms with Crippen molar-refractivity contribution < 1.29 is 9.66 Å². The second-order valence-corrected chi connectivity index (χ2v) is 5.39. The maximum absolute atomic E-state index is 11.0. The van der Waals surface area contributed by atoms with Crippen molar-refractivity contribution >= 4 is 0 Å². The molecule has 0 amide bonds. The number of hydrogen-bond acceptors (Lipinski definition) is 5. The fraction of sp³-hybridized carbons (Fsp3) is 0.714. The van der Waals surface area contributed by atoms with E-state index in [9.17, 15) is 10.1 Å². The molecule has 6 nitrogen and oxygen atoms in total. The molecule has 0 aromatic rings. The van der Waals surface area contributed by atoms with E-state index in [-0.39, 0.29) is 10.7 Å².